The molecule has 0 fully saturated rings. The summed E-state index contributed by atoms with van der Waals surface area (Å²) in [5, 5.41) is 12.0. The fourth-order valence-electron chi connectivity index (χ4n) is 2.11. The van der Waals surface area contributed by atoms with Crippen molar-refractivity contribution >= 4 is 0 Å². The lowest BCUT2D eigenvalue weighted by molar-refractivity contribution is 0.287. The van der Waals surface area contributed by atoms with Crippen molar-refractivity contribution in [1.29, 1.82) is 5.26 Å². The molecule has 0 bridgehead atoms. The molecular formula is C16H25N3O. The predicted molar refractivity (Wildman–Crippen MR) is 81.7 cm³/mol. The molecule has 0 atom stereocenters. The molecule has 20 heavy (non-hydrogen) atoms. The van der Waals surface area contributed by atoms with E-state index in [9.17, 15) is 0 Å². The Morgan fingerprint density at radius 1 is 1.25 bits per heavy atom. The minimum atomic E-state index is 0.0944. The average Bonchev–Trinajstić information content (AvgIpc) is 2.49. The SMILES string of the molecule is CCCN(CC)CCNCc1ccccc1OCC#N. The molecule has 1 aromatic carbocycles. The Morgan fingerprint density at radius 3 is 2.75 bits per heavy atom. The van der Waals surface area contributed by atoms with E-state index in [1.807, 2.05) is 30.3 Å². The first kappa shape index (κ1) is 16.5. The van der Waals surface area contributed by atoms with Crippen molar-refractivity contribution in [1.82, 2.24) is 10.2 Å². The Labute approximate surface area is 122 Å². The number of rotatable bonds is 10. The number of hydrogen-bond donors (Lipinski definition) is 1. The molecule has 0 unspecified atom stereocenters. The highest BCUT2D eigenvalue weighted by Gasteiger charge is 2.03. The molecule has 1 rings (SSSR count). The lowest BCUT2D eigenvalue weighted by Crippen LogP contribution is -2.32. The number of hydrogen-bond acceptors (Lipinski definition) is 4. The van der Waals surface area contributed by atoms with Crippen LogP contribution in [0.2, 0.25) is 0 Å². The van der Waals surface area contributed by atoms with Gasteiger partial charge in [-0.15, -0.1) is 0 Å². The lowest BCUT2D eigenvalue weighted by atomic mass is 10.2. The first-order chi connectivity index (χ1) is 9.81. The molecule has 0 aliphatic rings. The van der Waals surface area contributed by atoms with Gasteiger partial charge in [0.25, 0.3) is 0 Å². The van der Waals surface area contributed by atoms with E-state index in [1.165, 1.54) is 6.42 Å². The Hall–Kier alpha value is -1.57. The van der Waals surface area contributed by atoms with E-state index >= 15 is 0 Å². The zero-order valence-corrected chi connectivity index (χ0v) is 12.6. The minimum Gasteiger partial charge on any atom is -0.478 e. The molecule has 0 aliphatic carbocycles. The lowest BCUT2D eigenvalue weighted by Gasteiger charge is -2.19. The largest absolute Gasteiger partial charge is 0.478 e. The van der Waals surface area contributed by atoms with Crippen molar-refractivity contribution < 1.29 is 4.74 Å². The predicted octanol–water partition coefficient (Wildman–Crippen LogP) is 2.41. The number of nitriles is 1. The molecule has 110 valence electrons. The number of nitrogens with zero attached hydrogens (tertiary/aromatic N) is 2. The van der Waals surface area contributed by atoms with Gasteiger partial charge in [-0.3, -0.25) is 0 Å². The van der Waals surface area contributed by atoms with Crippen molar-refractivity contribution in [2.45, 2.75) is 26.8 Å². The quantitative estimate of drug-likeness (QED) is 0.666. The highest BCUT2D eigenvalue weighted by Crippen LogP contribution is 2.17. The molecule has 0 saturated heterocycles. The van der Waals surface area contributed by atoms with E-state index in [2.05, 4.69) is 24.1 Å². The highest BCUT2D eigenvalue weighted by molar-refractivity contribution is 5.33. The second-order valence-corrected chi connectivity index (χ2v) is 4.67. The molecule has 0 heterocycles. The van der Waals surface area contributed by atoms with E-state index in [1.54, 1.807) is 0 Å². The van der Waals surface area contributed by atoms with Crippen molar-refractivity contribution in [3.8, 4) is 11.8 Å². The molecule has 4 nitrogen and oxygen atoms in total. The summed E-state index contributed by atoms with van der Waals surface area (Å²) in [5.41, 5.74) is 1.10. The summed E-state index contributed by atoms with van der Waals surface area (Å²) in [6, 6.07) is 9.85. The maximum absolute atomic E-state index is 8.58. The second-order valence-electron chi connectivity index (χ2n) is 4.67. The third kappa shape index (κ3) is 6.05. The van der Waals surface area contributed by atoms with E-state index in [0.29, 0.717) is 0 Å². The number of nitrogens with one attached hydrogen (secondary N) is 1. The van der Waals surface area contributed by atoms with Gasteiger partial charge in [-0.2, -0.15) is 5.26 Å². The molecule has 0 radical (unpaired) electrons. The number of benzene rings is 1. The fourth-order valence-corrected chi connectivity index (χ4v) is 2.11. The minimum absolute atomic E-state index is 0.0944. The molecule has 0 aliphatic heterocycles. The van der Waals surface area contributed by atoms with Gasteiger partial charge in [-0.25, -0.2) is 0 Å². The van der Waals surface area contributed by atoms with Gasteiger partial charge in [0, 0.05) is 25.2 Å². The Bertz CT molecular complexity index is 414. The molecule has 0 spiro atoms. The maximum Gasteiger partial charge on any atom is 0.174 e. The fraction of sp³-hybridized carbons (Fsp3) is 0.562. The van der Waals surface area contributed by atoms with Gasteiger partial charge >= 0.3 is 0 Å². The number of para-hydroxylation sites is 1. The average molecular weight is 275 g/mol. The first-order valence-electron chi connectivity index (χ1n) is 7.32. The maximum atomic E-state index is 8.58. The number of ether oxygens (including phenoxy) is 1. The van der Waals surface area contributed by atoms with E-state index in [-0.39, 0.29) is 6.61 Å². The Balaban J connectivity index is 2.36. The molecular weight excluding hydrogens is 250 g/mol. The molecule has 4 heteroatoms. The van der Waals surface area contributed by atoms with Gasteiger partial charge in [0.05, 0.1) is 0 Å². The standard InChI is InChI=1S/C16H25N3O/c1-3-11-19(4-2)12-10-18-14-15-7-5-6-8-16(15)20-13-9-17/h5-8,18H,3-4,10-14H2,1-2H3. The van der Waals surface area contributed by atoms with Gasteiger partial charge in [0.1, 0.15) is 11.8 Å². The van der Waals surface area contributed by atoms with Crippen molar-refractivity contribution in [2.24, 2.45) is 0 Å². The van der Waals surface area contributed by atoms with Crippen LogP contribution in [-0.4, -0.2) is 37.7 Å². The topological polar surface area (TPSA) is 48.3 Å². The van der Waals surface area contributed by atoms with Crippen molar-refractivity contribution in [3.05, 3.63) is 29.8 Å². The van der Waals surface area contributed by atoms with Gasteiger partial charge in [-0.1, -0.05) is 32.0 Å². The van der Waals surface area contributed by atoms with Crippen LogP contribution < -0.4 is 10.1 Å². The summed E-state index contributed by atoms with van der Waals surface area (Å²) in [6.45, 7) is 9.53. The summed E-state index contributed by atoms with van der Waals surface area (Å²) in [4.78, 5) is 2.44. The van der Waals surface area contributed by atoms with Crippen LogP contribution in [0.25, 0.3) is 0 Å². The zero-order valence-electron chi connectivity index (χ0n) is 12.6. The summed E-state index contributed by atoms with van der Waals surface area (Å²) >= 11 is 0. The smallest absolute Gasteiger partial charge is 0.174 e. The molecule has 0 saturated carbocycles. The summed E-state index contributed by atoms with van der Waals surface area (Å²) in [7, 11) is 0. The van der Waals surface area contributed by atoms with Crippen LogP contribution in [0.3, 0.4) is 0 Å². The number of likely N-dealkylation sites (N-methyl/N-ethyl adjacent to an activating group) is 1. The molecule has 1 aromatic rings. The van der Waals surface area contributed by atoms with Gasteiger partial charge in [0.15, 0.2) is 6.61 Å². The zero-order chi connectivity index (χ0) is 14.6. The summed E-state index contributed by atoms with van der Waals surface area (Å²) in [5.74, 6) is 0.794. The first-order valence-corrected chi connectivity index (χ1v) is 7.32. The van der Waals surface area contributed by atoms with Crippen molar-refractivity contribution in [2.75, 3.05) is 32.8 Å². The van der Waals surface area contributed by atoms with Crippen LogP contribution in [0, 0.1) is 11.3 Å². The molecule has 0 aromatic heterocycles. The van der Waals surface area contributed by atoms with Crippen LogP contribution in [0.5, 0.6) is 5.75 Å². The van der Waals surface area contributed by atoms with Gasteiger partial charge in [0.2, 0.25) is 0 Å². The van der Waals surface area contributed by atoms with Crippen LogP contribution in [0.1, 0.15) is 25.8 Å². The highest BCUT2D eigenvalue weighted by atomic mass is 16.5. The van der Waals surface area contributed by atoms with E-state index < -0.39 is 0 Å². The molecule has 0 amide bonds. The van der Waals surface area contributed by atoms with Gasteiger partial charge < -0.3 is 15.0 Å². The summed E-state index contributed by atoms with van der Waals surface area (Å²) in [6.07, 6.45) is 1.19. The molecule has 1 N–H and O–H groups in total. The summed E-state index contributed by atoms with van der Waals surface area (Å²) < 4.78 is 5.41. The van der Waals surface area contributed by atoms with E-state index in [4.69, 9.17) is 10.00 Å². The van der Waals surface area contributed by atoms with Crippen LogP contribution >= 0.6 is 0 Å². The van der Waals surface area contributed by atoms with Crippen LogP contribution in [-0.2, 0) is 6.54 Å². The normalized spacial score (nSPS) is 10.5. The Morgan fingerprint density at radius 2 is 2.05 bits per heavy atom. The third-order valence-corrected chi connectivity index (χ3v) is 3.17. The van der Waals surface area contributed by atoms with Crippen LogP contribution in [0.15, 0.2) is 24.3 Å². The monoisotopic (exact) mass is 275 g/mol. The van der Waals surface area contributed by atoms with Crippen molar-refractivity contribution in [3.63, 3.8) is 0 Å². The third-order valence-electron chi connectivity index (χ3n) is 3.17. The second kappa shape index (κ2) is 10.2. The van der Waals surface area contributed by atoms with Crippen LogP contribution in [0.4, 0.5) is 0 Å². The van der Waals surface area contributed by atoms with E-state index in [0.717, 1.165) is 44.0 Å². The van der Waals surface area contributed by atoms with Gasteiger partial charge in [-0.05, 0) is 25.6 Å². The Kier molecular flexibility index (Phi) is 8.44.